The maximum Gasteiger partial charge on any atom is 0.180 e. The lowest BCUT2D eigenvalue weighted by molar-refractivity contribution is 0.109. The van der Waals surface area contributed by atoms with Crippen molar-refractivity contribution in [3.63, 3.8) is 0 Å². The Morgan fingerprint density at radius 1 is 1.40 bits per heavy atom. The minimum Gasteiger partial charge on any atom is -0.376 e. The Morgan fingerprint density at radius 2 is 2.30 bits per heavy atom. The van der Waals surface area contributed by atoms with E-state index in [1.807, 2.05) is 13.1 Å². The second-order valence-corrected chi connectivity index (χ2v) is 4.89. The molecule has 1 aliphatic heterocycles. The molecular formula is C14H19N5O. The van der Waals surface area contributed by atoms with Gasteiger partial charge in [0.05, 0.1) is 18.9 Å². The van der Waals surface area contributed by atoms with E-state index in [1.54, 1.807) is 10.9 Å². The van der Waals surface area contributed by atoms with E-state index in [1.165, 1.54) is 0 Å². The molecule has 0 aromatic carbocycles. The lowest BCUT2D eigenvalue weighted by Crippen LogP contribution is -2.18. The molecule has 0 unspecified atom stereocenters. The van der Waals surface area contributed by atoms with Crippen LogP contribution in [0.2, 0.25) is 0 Å². The maximum absolute atomic E-state index is 5.53. The van der Waals surface area contributed by atoms with Gasteiger partial charge in [-0.2, -0.15) is 5.10 Å². The van der Waals surface area contributed by atoms with Crippen LogP contribution in [0.5, 0.6) is 0 Å². The second-order valence-electron chi connectivity index (χ2n) is 4.89. The van der Waals surface area contributed by atoms with E-state index in [4.69, 9.17) is 9.72 Å². The van der Waals surface area contributed by atoms with Crippen molar-refractivity contribution in [1.82, 2.24) is 19.7 Å². The van der Waals surface area contributed by atoms with Gasteiger partial charge in [0.1, 0.15) is 11.5 Å². The summed E-state index contributed by atoms with van der Waals surface area (Å²) in [6, 6.07) is 1.94. The minimum atomic E-state index is 0.590. The van der Waals surface area contributed by atoms with Crippen LogP contribution in [0.15, 0.2) is 12.3 Å². The Kier molecular flexibility index (Phi) is 3.64. The van der Waals surface area contributed by atoms with Gasteiger partial charge in [0.2, 0.25) is 0 Å². The summed E-state index contributed by atoms with van der Waals surface area (Å²) >= 11 is 0. The van der Waals surface area contributed by atoms with Gasteiger partial charge in [-0.25, -0.2) is 9.97 Å². The molecule has 0 saturated heterocycles. The number of aryl methyl sites for hydroxylation is 1. The average Bonchev–Trinajstić information content (AvgIpc) is 2.90. The number of anilines is 1. The van der Waals surface area contributed by atoms with E-state index < -0.39 is 0 Å². The van der Waals surface area contributed by atoms with Crippen LogP contribution in [0.4, 0.5) is 5.82 Å². The first kappa shape index (κ1) is 13.1. The monoisotopic (exact) mass is 273 g/mol. The van der Waals surface area contributed by atoms with Gasteiger partial charge in [0, 0.05) is 31.8 Å². The van der Waals surface area contributed by atoms with E-state index in [0.29, 0.717) is 6.61 Å². The molecule has 0 fully saturated rings. The first-order valence-corrected chi connectivity index (χ1v) is 6.99. The fraction of sp³-hybridized carbons (Fsp3) is 0.500. The number of ether oxygens (including phenoxy) is 1. The van der Waals surface area contributed by atoms with Crippen molar-refractivity contribution in [1.29, 1.82) is 0 Å². The summed E-state index contributed by atoms with van der Waals surface area (Å²) < 4.78 is 7.33. The Bertz CT molecular complexity index is 608. The molecule has 20 heavy (non-hydrogen) atoms. The van der Waals surface area contributed by atoms with Gasteiger partial charge < -0.3 is 10.1 Å². The smallest absolute Gasteiger partial charge is 0.180 e. The van der Waals surface area contributed by atoms with Crippen LogP contribution in [0.25, 0.3) is 11.5 Å². The van der Waals surface area contributed by atoms with Crippen LogP contribution in [0, 0.1) is 0 Å². The molecule has 0 saturated carbocycles. The van der Waals surface area contributed by atoms with Gasteiger partial charge in [0.25, 0.3) is 0 Å². The minimum absolute atomic E-state index is 0.590. The van der Waals surface area contributed by atoms with Gasteiger partial charge in [-0.15, -0.1) is 0 Å². The number of fused-ring (bicyclic) bond motifs is 1. The number of hydrogen-bond acceptors (Lipinski definition) is 5. The SMILES string of the molecule is CCCNc1nc(-c2ccnn2C)nc2c1COCC2. The standard InChI is InChI=1S/C14H19N5O/c1-3-6-15-13-10-9-20-8-5-11(10)17-14(18-13)12-4-7-16-19(12)2/h4,7H,3,5-6,8-9H2,1-2H3,(H,15,17,18). The first-order chi connectivity index (χ1) is 9.79. The van der Waals surface area contributed by atoms with Crippen LogP contribution in [-0.4, -0.2) is 32.9 Å². The maximum atomic E-state index is 5.53. The lowest BCUT2D eigenvalue weighted by Gasteiger charge is -2.20. The molecule has 1 N–H and O–H groups in total. The summed E-state index contributed by atoms with van der Waals surface area (Å²) in [5.41, 5.74) is 3.11. The fourth-order valence-electron chi connectivity index (χ4n) is 2.33. The Morgan fingerprint density at radius 3 is 3.05 bits per heavy atom. The predicted molar refractivity (Wildman–Crippen MR) is 76.4 cm³/mol. The summed E-state index contributed by atoms with van der Waals surface area (Å²) in [5.74, 6) is 1.62. The molecular weight excluding hydrogens is 254 g/mol. The van der Waals surface area contributed by atoms with Crippen molar-refractivity contribution in [3.05, 3.63) is 23.5 Å². The average molecular weight is 273 g/mol. The zero-order valence-electron chi connectivity index (χ0n) is 11.9. The molecule has 0 aliphatic carbocycles. The molecule has 2 aromatic rings. The zero-order chi connectivity index (χ0) is 13.9. The van der Waals surface area contributed by atoms with Crippen LogP contribution in [-0.2, 0) is 24.8 Å². The van der Waals surface area contributed by atoms with Crippen molar-refractivity contribution >= 4 is 5.82 Å². The molecule has 0 amide bonds. The van der Waals surface area contributed by atoms with Gasteiger partial charge in [-0.1, -0.05) is 6.92 Å². The number of hydrogen-bond donors (Lipinski definition) is 1. The molecule has 2 aromatic heterocycles. The van der Waals surface area contributed by atoms with Gasteiger partial charge in [-0.05, 0) is 12.5 Å². The third-order valence-electron chi connectivity index (χ3n) is 3.41. The van der Waals surface area contributed by atoms with Crippen molar-refractivity contribution in [2.24, 2.45) is 7.05 Å². The van der Waals surface area contributed by atoms with E-state index in [-0.39, 0.29) is 0 Å². The predicted octanol–water partition coefficient (Wildman–Crippen LogP) is 1.77. The highest BCUT2D eigenvalue weighted by atomic mass is 16.5. The highest BCUT2D eigenvalue weighted by Gasteiger charge is 2.19. The van der Waals surface area contributed by atoms with Crippen molar-refractivity contribution in [3.8, 4) is 11.5 Å². The van der Waals surface area contributed by atoms with Crippen LogP contribution >= 0.6 is 0 Å². The number of nitrogens with one attached hydrogen (secondary N) is 1. The largest absolute Gasteiger partial charge is 0.376 e. The van der Waals surface area contributed by atoms with Crippen molar-refractivity contribution < 1.29 is 4.74 Å². The van der Waals surface area contributed by atoms with Gasteiger partial charge >= 0.3 is 0 Å². The molecule has 106 valence electrons. The zero-order valence-corrected chi connectivity index (χ0v) is 11.9. The van der Waals surface area contributed by atoms with Crippen LogP contribution in [0.1, 0.15) is 24.6 Å². The molecule has 0 spiro atoms. The summed E-state index contributed by atoms with van der Waals surface area (Å²) in [6.07, 6.45) is 3.66. The molecule has 3 rings (SSSR count). The molecule has 1 aliphatic rings. The van der Waals surface area contributed by atoms with E-state index in [9.17, 15) is 0 Å². The molecule has 3 heterocycles. The summed E-state index contributed by atoms with van der Waals surface area (Å²) in [6.45, 7) is 4.35. The molecule has 0 radical (unpaired) electrons. The first-order valence-electron chi connectivity index (χ1n) is 6.99. The van der Waals surface area contributed by atoms with Gasteiger partial charge in [-0.3, -0.25) is 4.68 Å². The molecule has 0 atom stereocenters. The topological polar surface area (TPSA) is 64.9 Å². The van der Waals surface area contributed by atoms with Crippen molar-refractivity contribution in [2.75, 3.05) is 18.5 Å². The second kappa shape index (κ2) is 5.58. The Labute approximate surface area is 118 Å². The fourth-order valence-corrected chi connectivity index (χ4v) is 2.33. The number of nitrogens with zero attached hydrogens (tertiary/aromatic N) is 4. The summed E-state index contributed by atoms with van der Waals surface area (Å²) in [7, 11) is 1.90. The van der Waals surface area contributed by atoms with Crippen molar-refractivity contribution in [2.45, 2.75) is 26.4 Å². The highest BCUT2D eigenvalue weighted by Crippen LogP contribution is 2.25. The van der Waals surface area contributed by atoms with E-state index in [0.717, 1.165) is 54.6 Å². The normalized spacial score (nSPS) is 14.1. The molecule has 6 heteroatoms. The third-order valence-corrected chi connectivity index (χ3v) is 3.41. The molecule has 0 bridgehead atoms. The van der Waals surface area contributed by atoms with Crippen LogP contribution in [0.3, 0.4) is 0 Å². The lowest BCUT2D eigenvalue weighted by atomic mass is 10.1. The third kappa shape index (κ3) is 2.38. The Hall–Kier alpha value is -1.95. The summed E-state index contributed by atoms with van der Waals surface area (Å²) in [5, 5.41) is 7.57. The Balaban J connectivity index is 2.05. The summed E-state index contributed by atoms with van der Waals surface area (Å²) in [4.78, 5) is 9.36. The quantitative estimate of drug-likeness (QED) is 0.919. The van der Waals surface area contributed by atoms with Gasteiger partial charge in [0.15, 0.2) is 5.82 Å². The number of aromatic nitrogens is 4. The number of rotatable bonds is 4. The van der Waals surface area contributed by atoms with E-state index >= 15 is 0 Å². The van der Waals surface area contributed by atoms with E-state index in [2.05, 4.69) is 22.3 Å². The van der Waals surface area contributed by atoms with Crippen LogP contribution < -0.4 is 5.32 Å². The highest BCUT2D eigenvalue weighted by molar-refractivity contribution is 5.57. The molecule has 6 nitrogen and oxygen atoms in total.